The maximum absolute atomic E-state index is 5.49. The summed E-state index contributed by atoms with van der Waals surface area (Å²) in [6.45, 7) is 6.56. The molecule has 0 spiro atoms. The summed E-state index contributed by atoms with van der Waals surface area (Å²) in [5, 5.41) is 2.51. The summed E-state index contributed by atoms with van der Waals surface area (Å²) in [5.41, 5.74) is 4.26. The average molecular weight is 412 g/mol. The fraction of sp³-hybridized carbons (Fsp3) is 0.455. The Hall–Kier alpha value is -1.47. The summed E-state index contributed by atoms with van der Waals surface area (Å²) < 4.78 is 5.49. The first-order chi connectivity index (χ1) is 13.8. The zero-order valence-corrected chi connectivity index (χ0v) is 17.9. The Morgan fingerprint density at radius 1 is 1.14 bits per heavy atom. The molecule has 1 aliphatic carbocycles. The molecular weight excluding hydrogens is 386 g/mol. The van der Waals surface area contributed by atoms with Gasteiger partial charge in [0.2, 0.25) is 0 Å². The molecule has 146 valence electrons. The maximum atomic E-state index is 5.49. The molecule has 1 aromatic carbocycles. The van der Waals surface area contributed by atoms with Crippen LogP contribution in [-0.4, -0.2) is 41.2 Å². The highest BCUT2D eigenvalue weighted by atomic mass is 32.2. The molecule has 2 aliphatic rings. The van der Waals surface area contributed by atoms with E-state index in [4.69, 9.17) is 14.7 Å². The van der Waals surface area contributed by atoms with Crippen molar-refractivity contribution in [1.29, 1.82) is 0 Å². The molecule has 4 nitrogen and oxygen atoms in total. The first kappa shape index (κ1) is 18.6. The van der Waals surface area contributed by atoms with Gasteiger partial charge in [-0.1, -0.05) is 24.3 Å². The molecule has 6 heteroatoms. The lowest BCUT2D eigenvalue weighted by atomic mass is 10.1. The number of nitrogens with zero attached hydrogens (tertiary/aromatic N) is 3. The fourth-order valence-electron chi connectivity index (χ4n) is 4.06. The van der Waals surface area contributed by atoms with Gasteiger partial charge in [-0.05, 0) is 42.9 Å². The van der Waals surface area contributed by atoms with Crippen molar-refractivity contribution in [2.24, 2.45) is 0 Å². The normalized spacial score (nSPS) is 17.3. The number of aromatic nitrogens is 2. The first-order valence-corrected chi connectivity index (χ1v) is 11.9. The second kappa shape index (κ2) is 8.11. The van der Waals surface area contributed by atoms with Gasteiger partial charge in [0.05, 0.1) is 19.8 Å². The number of benzene rings is 1. The van der Waals surface area contributed by atoms with E-state index in [0.29, 0.717) is 0 Å². The molecule has 0 atom stereocenters. The summed E-state index contributed by atoms with van der Waals surface area (Å²) in [6, 6.07) is 8.66. The van der Waals surface area contributed by atoms with Crippen molar-refractivity contribution in [2.75, 3.05) is 26.3 Å². The lowest BCUT2D eigenvalue weighted by molar-refractivity contribution is 0.0330. The van der Waals surface area contributed by atoms with Crippen LogP contribution in [0, 0.1) is 6.92 Å². The Morgan fingerprint density at radius 3 is 2.86 bits per heavy atom. The van der Waals surface area contributed by atoms with Crippen molar-refractivity contribution in [1.82, 2.24) is 14.9 Å². The minimum absolute atomic E-state index is 0.810. The van der Waals surface area contributed by atoms with Crippen LogP contribution in [0.15, 0.2) is 29.3 Å². The van der Waals surface area contributed by atoms with Gasteiger partial charge in [-0.2, -0.15) is 0 Å². The van der Waals surface area contributed by atoms with E-state index in [1.807, 2.05) is 23.1 Å². The van der Waals surface area contributed by atoms with Crippen molar-refractivity contribution in [3.05, 3.63) is 51.7 Å². The van der Waals surface area contributed by atoms with Crippen LogP contribution in [0.25, 0.3) is 10.2 Å². The Labute approximate surface area is 174 Å². The van der Waals surface area contributed by atoms with Gasteiger partial charge in [0, 0.05) is 29.1 Å². The predicted octanol–water partition coefficient (Wildman–Crippen LogP) is 4.61. The van der Waals surface area contributed by atoms with Gasteiger partial charge in [-0.15, -0.1) is 23.1 Å². The molecule has 28 heavy (non-hydrogen) atoms. The molecule has 0 radical (unpaired) electrons. The summed E-state index contributed by atoms with van der Waals surface area (Å²) in [6.07, 6.45) is 3.66. The van der Waals surface area contributed by atoms with Crippen LogP contribution < -0.4 is 0 Å². The highest BCUT2D eigenvalue weighted by Crippen LogP contribution is 2.41. The summed E-state index contributed by atoms with van der Waals surface area (Å²) in [7, 11) is 0. The fourth-order valence-corrected chi connectivity index (χ4v) is 6.55. The third-order valence-corrected chi connectivity index (χ3v) is 7.88. The standard InChI is InChI=1S/C22H25N3OS2/c1-15-5-2-3-6-16(15)14-27-21-20-17-7-4-8-18(17)28-22(20)24-19(23-21)13-25-9-11-26-12-10-25/h2-3,5-6H,4,7-14H2,1H3. The Kier molecular flexibility index (Phi) is 5.37. The van der Waals surface area contributed by atoms with E-state index in [0.717, 1.165) is 44.4 Å². The zero-order chi connectivity index (χ0) is 18.9. The van der Waals surface area contributed by atoms with Crippen LogP contribution in [0.2, 0.25) is 0 Å². The third-order valence-electron chi connectivity index (χ3n) is 5.67. The molecule has 1 fully saturated rings. The first-order valence-electron chi connectivity index (χ1n) is 10.1. The van der Waals surface area contributed by atoms with Gasteiger partial charge in [0.25, 0.3) is 0 Å². The van der Waals surface area contributed by atoms with Gasteiger partial charge in [0.1, 0.15) is 15.7 Å². The number of thioether (sulfide) groups is 1. The summed E-state index contributed by atoms with van der Waals surface area (Å²) in [5.74, 6) is 1.92. The molecule has 0 N–H and O–H groups in total. The minimum Gasteiger partial charge on any atom is -0.379 e. The topological polar surface area (TPSA) is 38.2 Å². The van der Waals surface area contributed by atoms with E-state index >= 15 is 0 Å². The summed E-state index contributed by atoms with van der Waals surface area (Å²) >= 11 is 3.77. The molecule has 1 saturated heterocycles. The van der Waals surface area contributed by atoms with Gasteiger partial charge in [-0.3, -0.25) is 4.90 Å². The molecular formula is C22H25N3OS2. The molecule has 0 bridgehead atoms. The average Bonchev–Trinajstić information content (AvgIpc) is 3.29. The van der Waals surface area contributed by atoms with E-state index in [-0.39, 0.29) is 0 Å². The van der Waals surface area contributed by atoms with E-state index in [1.54, 1.807) is 0 Å². The quantitative estimate of drug-likeness (QED) is 0.453. The Bertz CT molecular complexity index is 995. The van der Waals surface area contributed by atoms with Crippen LogP contribution >= 0.6 is 23.1 Å². The lowest BCUT2D eigenvalue weighted by Gasteiger charge is -2.25. The molecule has 0 amide bonds. The zero-order valence-electron chi connectivity index (χ0n) is 16.2. The number of morpholine rings is 1. The number of fused-ring (bicyclic) bond motifs is 3. The molecule has 5 rings (SSSR count). The van der Waals surface area contributed by atoms with Crippen LogP contribution in [0.4, 0.5) is 0 Å². The molecule has 2 aromatic heterocycles. The van der Waals surface area contributed by atoms with Crippen molar-refractivity contribution < 1.29 is 4.74 Å². The number of rotatable bonds is 5. The number of hydrogen-bond acceptors (Lipinski definition) is 6. The van der Waals surface area contributed by atoms with Crippen molar-refractivity contribution in [3.8, 4) is 0 Å². The maximum Gasteiger partial charge on any atom is 0.145 e. The van der Waals surface area contributed by atoms with Crippen LogP contribution in [0.5, 0.6) is 0 Å². The number of aryl methyl sites for hydroxylation is 3. The molecule has 1 aliphatic heterocycles. The van der Waals surface area contributed by atoms with E-state index < -0.39 is 0 Å². The van der Waals surface area contributed by atoms with Crippen molar-refractivity contribution in [3.63, 3.8) is 0 Å². The van der Waals surface area contributed by atoms with Crippen LogP contribution in [0.3, 0.4) is 0 Å². The van der Waals surface area contributed by atoms with Crippen LogP contribution in [-0.2, 0) is 29.9 Å². The lowest BCUT2D eigenvalue weighted by Crippen LogP contribution is -2.36. The largest absolute Gasteiger partial charge is 0.379 e. The molecule has 3 aromatic rings. The number of hydrogen-bond donors (Lipinski definition) is 0. The van der Waals surface area contributed by atoms with Crippen molar-refractivity contribution >= 4 is 33.3 Å². The van der Waals surface area contributed by atoms with E-state index in [1.165, 1.54) is 56.1 Å². The molecule has 0 saturated carbocycles. The number of ether oxygens (including phenoxy) is 1. The van der Waals surface area contributed by atoms with E-state index in [9.17, 15) is 0 Å². The minimum atomic E-state index is 0.810. The van der Waals surface area contributed by atoms with Crippen LogP contribution in [0.1, 0.15) is 33.8 Å². The smallest absolute Gasteiger partial charge is 0.145 e. The second-order valence-corrected chi connectivity index (χ2v) is 9.63. The highest BCUT2D eigenvalue weighted by Gasteiger charge is 2.23. The number of thiophene rings is 1. The third kappa shape index (κ3) is 3.71. The predicted molar refractivity (Wildman–Crippen MR) is 116 cm³/mol. The monoisotopic (exact) mass is 411 g/mol. The SMILES string of the molecule is Cc1ccccc1CSc1nc(CN2CCOCC2)nc2sc3c(c12)CCC3. The second-order valence-electron chi connectivity index (χ2n) is 7.59. The van der Waals surface area contributed by atoms with Gasteiger partial charge < -0.3 is 4.74 Å². The van der Waals surface area contributed by atoms with Gasteiger partial charge in [-0.25, -0.2) is 9.97 Å². The molecule has 0 unspecified atom stereocenters. The molecule has 3 heterocycles. The summed E-state index contributed by atoms with van der Waals surface area (Å²) in [4.78, 5) is 15.2. The van der Waals surface area contributed by atoms with E-state index in [2.05, 4.69) is 36.1 Å². The Morgan fingerprint density at radius 2 is 2.00 bits per heavy atom. The highest BCUT2D eigenvalue weighted by molar-refractivity contribution is 7.98. The van der Waals surface area contributed by atoms with Gasteiger partial charge >= 0.3 is 0 Å². The van der Waals surface area contributed by atoms with Gasteiger partial charge in [0.15, 0.2) is 0 Å². The van der Waals surface area contributed by atoms with Crippen molar-refractivity contribution in [2.45, 2.75) is 43.5 Å². The Balaban J connectivity index is 1.48.